The Kier molecular flexibility index (Phi) is 41.3. The van der Waals surface area contributed by atoms with E-state index in [0.717, 1.165) is 122 Å². The van der Waals surface area contributed by atoms with Crippen LogP contribution in [0.4, 0.5) is 0 Å². The highest BCUT2D eigenvalue weighted by molar-refractivity contribution is 5.72. The zero-order valence-electron chi connectivity index (χ0n) is 36.0. The Hall–Kier alpha value is -4.19. The summed E-state index contributed by atoms with van der Waals surface area (Å²) in [4.78, 5) is 37.6. The van der Waals surface area contributed by atoms with Crippen LogP contribution >= 0.6 is 0 Å². The molecule has 0 fully saturated rings. The number of hydrogen-bond acceptors (Lipinski definition) is 6. The average molecular weight is 787 g/mol. The Morgan fingerprint density at radius 3 is 1.14 bits per heavy atom. The van der Waals surface area contributed by atoms with E-state index in [-0.39, 0.29) is 38.0 Å². The molecule has 0 aromatic heterocycles. The number of ether oxygens (including phenoxy) is 3. The summed E-state index contributed by atoms with van der Waals surface area (Å²) in [6.45, 7) is 6.10. The molecular weight excluding hydrogens is 709 g/mol. The van der Waals surface area contributed by atoms with Crippen molar-refractivity contribution in [2.24, 2.45) is 0 Å². The lowest BCUT2D eigenvalue weighted by atomic mass is 10.1. The molecule has 0 bridgehead atoms. The van der Waals surface area contributed by atoms with Crippen molar-refractivity contribution in [1.82, 2.24) is 0 Å². The van der Waals surface area contributed by atoms with Crippen LogP contribution in [0.1, 0.15) is 162 Å². The molecule has 0 aliphatic rings. The maximum absolute atomic E-state index is 12.7. The molecular formula is C51H78O6. The van der Waals surface area contributed by atoms with E-state index < -0.39 is 12.1 Å². The standard InChI is InChI=1S/C51H78O6/c1-4-7-10-13-16-19-21-23-25-26-28-29-32-35-38-41-44-50(53)56-47-48(46-55-49(52)43-40-37-34-31-18-15-12-9-6-3)57-51(54)45-42-39-36-33-30-27-24-22-20-17-14-11-8-5-2/h7-12,16-20,23-25,27-29,31,37,40,48H,4-6,13-15,21-22,26,30,32-36,38-39,41-47H2,1-3H3/b10-7-,11-8-,12-9-,19-16-,20-17-,25-23-,27-24-,29-28-,31-18-,40-37-. The predicted molar refractivity (Wildman–Crippen MR) is 242 cm³/mol. The van der Waals surface area contributed by atoms with Crippen LogP contribution in [0.3, 0.4) is 0 Å². The summed E-state index contributed by atoms with van der Waals surface area (Å²) in [5.41, 5.74) is 0. The fourth-order valence-corrected chi connectivity index (χ4v) is 5.27. The van der Waals surface area contributed by atoms with Gasteiger partial charge in [-0.25, -0.2) is 0 Å². The van der Waals surface area contributed by atoms with Gasteiger partial charge in [0.1, 0.15) is 13.2 Å². The molecule has 0 N–H and O–H groups in total. The number of carbonyl (C=O) groups excluding carboxylic acids is 3. The molecule has 0 rings (SSSR count). The van der Waals surface area contributed by atoms with Crippen LogP contribution in [-0.2, 0) is 28.6 Å². The van der Waals surface area contributed by atoms with E-state index in [1.807, 2.05) is 6.08 Å². The number of rotatable bonds is 37. The molecule has 0 saturated carbocycles. The SMILES string of the molecule is CC/C=C\C/C=C\C/C=C\C/C=C\CCCCCC(=O)OCC(COC(=O)C/C=C\C/C=C\C/C=C\CC)OC(=O)CCCCCC/C=C\C/C=C\C/C=C\CC. The summed E-state index contributed by atoms with van der Waals surface area (Å²) in [7, 11) is 0. The maximum atomic E-state index is 12.7. The maximum Gasteiger partial charge on any atom is 0.309 e. The molecule has 0 aromatic carbocycles. The average Bonchev–Trinajstić information content (AvgIpc) is 3.21. The molecule has 1 unspecified atom stereocenters. The predicted octanol–water partition coefficient (Wildman–Crippen LogP) is 14.2. The van der Waals surface area contributed by atoms with Crippen molar-refractivity contribution in [3.63, 3.8) is 0 Å². The molecule has 0 radical (unpaired) electrons. The fourth-order valence-electron chi connectivity index (χ4n) is 5.27. The molecule has 6 nitrogen and oxygen atoms in total. The minimum Gasteiger partial charge on any atom is -0.462 e. The van der Waals surface area contributed by atoms with E-state index in [1.165, 1.54) is 0 Å². The Morgan fingerprint density at radius 2 is 0.702 bits per heavy atom. The molecule has 57 heavy (non-hydrogen) atoms. The number of carbonyl (C=O) groups is 3. The van der Waals surface area contributed by atoms with E-state index in [1.54, 1.807) is 6.08 Å². The van der Waals surface area contributed by atoms with Gasteiger partial charge in [-0.1, -0.05) is 162 Å². The lowest BCUT2D eigenvalue weighted by molar-refractivity contribution is -0.166. The highest BCUT2D eigenvalue weighted by Gasteiger charge is 2.19. The van der Waals surface area contributed by atoms with Crippen LogP contribution in [0.25, 0.3) is 0 Å². The van der Waals surface area contributed by atoms with Gasteiger partial charge < -0.3 is 14.2 Å². The number of esters is 3. The van der Waals surface area contributed by atoms with Crippen molar-refractivity contribution in [2.75, 3.05) is 13.2 Å². The summed E-state index contributed by atoms with van der Waals surface area (Å²) in [5.74, 6) is -1.13. The van der Waals surface area contributed by atoms with Crippen molar-refractivity contribution in [2.45, 2.75) is 168 Å². The lowest BCUT2D eigenvalue weighted by Gasteiger charge is -2.18. The first kappa shape index (κ1) is 52.8. The third kappa shape index (κ3) is 42.8. The fraction of sp³-hybridized carbons (Fsp3) is 0.549. The van der Waals surface area contributed by atoms with Crippen molar-refractivity contribution < 1.29 is 28.6 Å². The lowest BCUT2D eigenvalue weighted by Crippen LogP contribution is -2.30. The second-order valence-corrected chi connectivity index (χ2v) is 13.8. The van der Waals surface area contributed by atoms with Crippen LogP contribution in [0.15, 0.2) is 122 Å². The monoisotopic (exact) mass is 787 g/mol. The molecule has 0 aliphatic heterocycles. The normalized spacial score (nSPS) is 13.2. The first-order valence-corrected chi connectivity index (χ1v) is 22.0. The number of allylic oxidation sites excluding steroid dienone is 19. The second kappa shape index (κ2) is 44.5. The first-order chi connectivity index (χ1) is 28.0. The van der Waals surface area contributed by atoms with Crippen molar-refractivity contribution in [3.05, 3.63) is 122 Å². The van der Waals surface area contributed by atoms with Gasteiger partial charge in [0, 0.05) is 12.8 Å². The van der Waals surface area contributed by atoms with Crippen LogP contribution in [-0.4, -0.2) is 37.2 Å². The Bertz CT molecular complexity index is 1270. The van der Waals surface area contributed by atoms with Crippen molar-refractivity contribution >= 4 is 17.9 Å². The summed E-state index contributed by atoms with van der Waals surface area (Å²) in [5, 5.41) is 0. The first-order valence-electron chi connectivity index (χ1n) is 22.0. The van der Waals surface area contributed by atoms with Gasteiger partial charge in [-0.3, -0.25) is 14.4 Å². The van der Waals surface area contributed by atoms with Gasteiger partial charge in [-0.05, 0) is 103 Å². The van der Waals surface area contributed by atoms with Gasteiger partial charge in [-0.2, -0.15) is 0 Å². The van der Waals surface area contributed by atoms with Crippen molar-refractivity contribution in [1.29, 1.82) is 0 Å². The molecule has 0 saturated heterocycles. The topological polar surface area (TPSA) is 78.9 Å². The van der Waals surface area contributed by atoms with E-state index >= 15 is 0 Å². The third-order valence-electron chi connectivity index (χ3n) is 8.48. The summed E-state index contributed by atoms with van der Waals surface area (Å²) in [6, 6.07) is 0. The van der Waals surface area contributed by atoms with E-state index in [9.17, 15) is 14.4 Å². The Labute approximate surface area is 348 Å². The van der Waals surface area contributed by atoms with Crippen molar-refractivity contribution in [3.8, 4) is 0 Å². The second-order valence-electron chi connectivity index (χ2n) is 13.8. The molecule has 1 atom stereocenters. The number of hydrogen-bond donors (Lipinski definition) is 0. The van der Waals surface area contributed by atoms with Crippen LogP contribution in [0.5, 0.6) is 0 Å². The molecule has 0 heterocycles. The molecule has 0 aromatic rings. The Morgan fingerprint density at radius 1 is 0.368 bits per heavy atom. The minimum atomic E-state index is -0.839. The van der Waals surface area contributed by atoms with Gasteiger partial charge in [-0.15, -0.1) is 0 Å². The third-order valence-corrected chi connectivity index (χ3v) is 8.48. The zero-order valence-corrected chi connectivity index (χ0v) is 36.0. The van der Waals surface area contributed by atoms with Gasteiger partial charge in [0.2, 0.25) is 0 Å². The van der Waals surface area contributed by atoms with E-state index in [4.69, 9.17) is 14.2 Å². The molecule has 318 valence electrons. The van der Waals surface area contributed by atoms with E-state index in [2.05, 4.69) is 130 Å². The van der Waals surface area contributed by atoms with Crippen LogP contribution in [0, 0.1) is 0 Å². The van der Waals surface area contributed by atoms with Gasteiger partial charge >= 0.3 is 17.9 Å². The van der Waals surface area contributed by atoms with Gasteiger partial charge in [0.15, 0.2) is 6.10 Å². The smallest absolute Gasteiger partial charge is 0.309 e. The molecule has 6 heteroatoms. The largest absolute Gasteiger partial charge is 0.462 e. The molecule has 0 aliphatic carbocycles. The minimum absolute atomic E-state index is 0.119. The zero-order chi connectivity index (χ0) is 41.5. The highest BCUT2D eigenvalue weighted by atomic mass is 16.6. The van der Waals surface area contributed by atoms with Crippen LogP contribution < -0.4 is 0 Å². The highest BCUT2D eigenvalue weighted by Crippen LogP contribution is 2.10. The van der Waals surface area contributed by atoms with Crippen LogP contribution in [0.2, 0.25) is 0 Å². The Balaban J connectivity index is 4.55. The van der Waals surface area contributed by atoms with Gasteiger partial charge in [0.05, 0.1) is 6.42 Å². The van der Waals surface area contributed by atoms with Gasteiger partial charge in [0.25, 0.3) is 0 Å². The van der Waals surface area contributed by atoms with E-state index in [0.29, 0.717) is 6.42 Å². The summed E-state index contributed by atoms with van der Waals surface area (Å²) < 4.78 is 16.5. The summed E-state index contributed by atoms with van der Waals surface area (Å²) >= 11 is 0. The molecule has 0 amide bonds. The number of unbranched alkanes of at least 4 members (excludes halogenated alkanes) is 7. The summed E-state index contributed by atoms with van der Waals surface area (Å²) in [6.07, 6.45) is 60.7. The quantitative estimate of drug-likeness (QED) is 0.0270. The molecule has 0 spiro atoms.